The Labute approximate surface area is 107 Å². The molecule has 0 saturated heterocycles. The van der Waals surface area contributed by atoms with Crippen LogP contribution < -0.4 is 10.5 Å². The SMILES string of the molecule is CCCCCNC(=O)c1cc(S(N)(=O)=O)c(C)o1. The fraction of sp³-hybridized carbons (Fsp3) is 0.545. The Morgan fingerprint density at radius 2 is 2.11 bits per heavy atom. The summed E-state index contributed by atoms with van der Waals surface area (Å²) < 4.78 is 27.4. The lowest BCUT2D eigenvalue weighted by atomic mass is 10.2. The first-order valence-electron chi connectivity index (χ1n) is 5.77. The zero-order chi connectivity index (χ0) is 13.8. The van der Waals surface area contributed by atoms with E-state index in [4.69, 9.17) is 9.56 Å². The molecule has 0 radical (unpaired) electrons. The van der Waals surface area contributed by atoms with Gasteiger partial charge in [-0.15, -0.1) is 0 Å². The second kappa shape index (κ2) is 6.01. The summed E-state index contributed by atoms with van der Waals surface area (Å²) >= 11 is 0. The van der Waals surface area contributed by atoms with Crippen LogP contribution in [0.25, 0.3) is 0 Å². The average molecular weight is 274 g/mol. The van der Waals surface area contributed by atoms with Gasteiger partial charge in [-0.3, -0.25) is 4.79 Å². The minimum Gasteiger partial charge on any atom is -0.455 e. The quantitative estimate of drug-likeness (QED) is 0.760. The highest BCUT2D eigenvalue weighted by atomic mass is 32.2. The van der Waals surface area contributed by atoms with E-state index in [2.05, 4.69) is 12.2 Å². The molecule has 7 heteroatoms. The number of rotatable bonds is 6. The molecule has 0 spiro atoms. The van der Waals surface area contributed by atoms with Crippen molar-refractivity contribution >= 4 is 15.9 Å². The van der Waals surface area contributed by atoms with Gasteiger partial charge in [0.05, 0.1) is 0 Å². The number of carbonyl (C=O) groups excluding carboxylic acids is 1. The van der Waals surface area contributed by atoms with E-state index in [1.807, 2.05) is 0 Å². The van der Waals surface area contributed by atoms with E-state index >= 15 is 0 Å². The summed E-state index contributed by atoms with van der Waals surface area (Å²) in [6.45, 7) is 4.06. The summed E-state index contributed by atoms with van der Waals surface area (Å²) in [5.74, 6) is -0.340. The van der Waals surface area contributed by atoms with E-state index in [-0.39, 0.29) is 16.4 Å². The molecular weight excluding hydrogens is 256 g/mol. The molecule has 1 aromatic rings. The number of hydrogen-bond donors (Lipinski definition) is 2. The maximum absolute atomic E-state index is 11.7. The highest BCUT2D eigenvalue weighted by Gasteiger charge is 2.20. The molecule has 3 N–H and O–H groups in total. The molecule has 1 heterocycles. The van der Waals surface area contributed by atoms with Crippen LogP contribution in [0.2, 0.25) is 0 Å². The van der Waals surface area contributed by atoms with Gasteiger partial charge in [0.15, 0.2) is 5.76 Å². The summed E-state index contributed by atoms with van der Waals surface area (Å²) in [5.41, 5.74) is 0. The van der Waals surface area contributed by atoms with Gasteiger partial charge in [0, 0.05) is 12.6 Å². The van der Waals surface area contributed by atoms with Crippen LogP contribution in [0.3, 0.4) is 0 Å². The third-order valence-electron chi connectivity index (χ3n) is 2.47. The molecule has 1 amide bonds. The van der Waals surface area contributed by atoms with Crippen molar-refractivity contribution in [1.82, 2.24) is 5.32 Å². The van der Waals surface area contributed by atoms with E-state index in [0.29, 0.717) is 6.54 Å². The first-order valence-corrected chi connectivity index (χ1v) is 7.32. The Balaban J connectivity index is 2.71. The average Bonchev–Trinajstić information content (AvgIpc) is 2.66. The van der Waals surface area contributed by atoms with Gasteiger partial charge in [0.1, 0.15) is 10.7 Å². The Bertz CT molecular complexity index is 519. The molecule has 102 valence electrons. The van der Waals surface area contributed by atoms with Crippen LogP contribution in [-0.4, -0.2) is 20.9 Å². The normalized spacial score (nSPS) is 11.5. The minimum absolute atomic E-state index is 0.0342. The number of aryl methyl sites for hydroxylation is 1. The van der Waals surface area contributed by atoms with Crippen molar-refractivity contribution in [2.75, 3.05) is 6.54 Å². The Morgan fingerprint density at radius 1 is 1.44 bits per heavy atom. The predicted molar refractivity (Wildman–Crippen MR) is 66.7 cm³/mol. The van der Waals surface area contributed by atoms with Crippen LogP contribution in [0, 0.1) is 6.92 Å². The van der Waals surface area contributed by atoms with Crippen molar-refractivity contribution in [2.45, 2.75) is 38.0 Å². The van der Waals surface area contributed by atoms with Crippen LogP contribution in [0.1, 0.15) is 42.5 Å². The molecule has 0 aliphatic rings. The van der Waals surface area contributed by atoms with E-state index in [9.17, 15) is 13.2 Å². The molecule has 0 atom stereocenters. The van der Waals surface area contributed by atoms with Crippen LogP contribution in [0.5, 0.6) is 0 Å². The van der Waals surface area contributed by atoms with E-state index in [0.717, 1.165) is 25.3 Å². The molecule has 1 rings (SSSR count). The molecular formula is C11H18N2O4S. The smallest absolute Gasteiger partial charge is 0.287 e. The van der Waals surface area contributed by atoms with Crippen LogP contribution in [-0.2, 0) is 10.0 Å². The number of furan rings is 1. The lowest BCUT2D eigenvalue weighted by molar-refractivity contribution is 0.0924. The topological polar surface area (TPSA) is 102 Å². The van der Waals surface area contributed by atoms with Crippen molar-refractivity contribution in [3.05, 3.63) is 17.6 Å². The Hall–Kier alpha value is -1.34. The lowest BCUT2D eigenvalue weighted by Gasteiger charge is -2.01. The Kier molecular flexibility index (Phi) is 4.92. The third kappa shape index (κ3) is 3.85. The van der Waals surface area contributed by atoms with E-state index < -0.39 is 15.9 Å². The zero-order valence-corrected chi connectivity index (χ0v) is 11.3. The van der Waals surface area contributed by atoms with E-state index in [1.165, 1.54) is 6.92 Å². The van der Waals surface area contributed by atoms with Gasteiger partial charge < -0.3 is 9.73 Å². The molecule has 0 fully saturated rings. The van der Waals surface area contributed by atoms with Crippen molar-refractivity contribution in [3.8, 4) is 0 Å². The second-order valence-corrected chi connectivity index (χ2v) is 5.57. The molecule has 0 bridgehead atoms. The van der Waals surface area contributed by atoms with Gasteiger partial charge >= 0.3 is 0 Å². The standard InChI is InChI=1S/C11H18N2O4S/c1-3-4-5-6-13-11(14)9-7-10(8(2)17-9)18(12,15)16/h7H,3-6H2,1-2H3,(H,13,14)(H2,12,15,16). The molecule has 1 aromatic heterocycles. The number of hydrogen-bond acceptors (Lipinski definition) is 4. The fourth-order valence-electron chi connectivity index (χ4n) is 1.52. The molecule has 6 nitrogen and oxygen atoms in total. The van der Waals surface area contributed by atoms with Gasteiger partial charge in [-0.2, -0.15) is 0 Å². The lowest BCUT2D eigenvalue weighted by Crippen LogP contribution is -2.24. The van der Waals surface area contributed by atoms with Gasteiger partial charge in [0.2, 0.25) is 10.0 Å². The molecule has 0 aliphatic carbocycles. The van der Waals surface area contributed by atoms with Crippen LogP contribution in [0.4, 0.5) is 0 Å². The number of nitrogens with two attached hydrogens (primary N) is 1. The highest BCUT2D eigenvalue weighted by molar-refractivity contribution is 7.89. The van der Waals surface area contributed by atoms with Crippen molar-refractivity contribution in [2.24, 2.45) is 5.14 Å². The fourth-order valence-corrected chi connectivity index (χ4v) is 2.24. The summed E-state index contributed by atoms with van der Waals surface area (Å²) in [6, 6.07) is 1.15. The van der Waals surface area contributed by atoms with Crippen molar-refractivity contribution in [1.29, 1.82) is 0 Å². The van der Waals surface area contributed by atoms with Gasteiger partial charge in [0.25, 0.3) is 5.91 Å². The number of carbonyl (C=O) groups is 1. The summed E-state index contributed by atoms with van der Waals surface area (Å²) in [5, 5.41) is 7.65. The molecule has 0 saturated carbocycles. The molecule has 18 heavy (non-hydrogen) atoms. The third-order valence-corrected chi connectivity index (χ3v) is 3.49. The number of nitrogens with one attached hydrogen (secondary N) is 1. The van der Waals surface area contributed by atoms with Crippen LogP contribution in [0.15, 0.2) is 15.4 Å². The number of amides is 1. The summed E-state index contributed by atoms with van der Waals surface area (Å²) in [7, 11) is -3.85. The molecule has 0 aliphatic heterocycles. The number of sulfonamides is 1. The van der Waals surface area contributed by atoms with Gasteiger partial charge in [-0.05, 0) is 13.3 Å². The predicted octanol–water partition coefficient (Wildman–Crippen LogP) is 1.16. The zero-order valence-electron chi connectivity index (χ0n) is 10.5. The van der Waals surface area contributed by atoms with Gasteiger partial charge in [-0.1, -0.05) is 19.8 Å². The van der Waals surface area contributed by atoms with E-state index in [1.54, 1.807) is 0 Å². The monoisotopic (exact) mass is 274 g/mol. The first-order chi connectivity index (χ1) is 8.36. The highest BCUT2D eigenvalue weighted by Crippen LogP contribution is 2.18. The number of unbranched alkanes of at least 4 members (excludes halogenated alkanes) is 2. The first kappa shape index (κ1) is 14.7. The Morgan fingerprint density at radius 3 is 2.61 bits per heavy atom. The summed E-state index contributed by atoms with van der Waals surface area (Å²) in [6.07, 6.45) is 2.97. The van der Waals surface area contributed by atoms with Gasteiger partial charge in [-0.25, -0.2) is 13.6 Å². The van der Waals surface area contributed by atoms with Crippen molar-refractivity contribution < 1.29 is 17.6 Å². The molecule has 0 unspecified atom stereocenters. The molecule has 0 aromatic carbocycles. The maximum Gasteiger partial charge on any atom is 0.287 e. The van der Waals surface area contributed by atoms with Crippen LogP contribution >= 0.6 is 0 Å². The number of primary sulfonamides is 1. The summed E-state index contributed by atoms with van der Waals surface area (Å²) in [4.78, 5) is 11.5. The van der Waals surface area contributed by atoms with Crippen molar-refractivity contribution in [3.63, 3.8) is 0 Å². The second-order valence-electron chi connectivity index (χ2n) is 4.04. The minimum atomic E-state index is -3.85. The maximum atomic E-state index is 11.7. The largest absolute Gasteiger partial charge is 0.455 e.